The Labute approximate surface area is 102 Å². The standard InChI is InChI=1S/C10H9NO6S/c1-18(16,17)8-2-3-9(7(5-12)6-13)10(4-8)11(14)15/h2-7H,1H3. The molecule has 0 atom stereocenters. The highest BCUT2D eigenvalue weighted by molar-refractivity contribution is 7.90. The number of hydrogen-bond donors (Lipinski definition) is 0. The fourth-order valence-electron chi connectivity index (χ4n) is 1.37. The Balaban J connectivity index is 3.52. The average Bonchev–Trinajstić information content (AvgIpc) is 2.29. The Kier molecular flexibility index (Phi) is 3.92. The minimum atomic E-state index is -3.60. The molecule has 0 spiro atoms. The van der Waals surface area contributed by atoms with Crippen molar-refractivity contribution in [3.8, 4) is 0 Å². The number of carbonyl (C=O) groups is 2. The molecule has 0 aliphatic carbocycles. The SMILES string of the molecule is CS(=O)(=O)c1ccc(C(C=O)C=O)c([N+](=O)[O-])c1. The van der Waals surface area contributed by atoms with Crippen molar-refractivity contribution >= 4 is 28.1 Å². The van der Waals surface area contributed by atoms with Gasteiger partial charge < -0.3 is 9.59 Å². The summed E-state index contributed by atoms with van der Waals surface area (Å²) in [6.07, 6.45) is 1.42. The Morgan fingerprint density at radius 3 is 2.22 bits per heavy atom. The van der Waals surface area contributed by atoms with Gasteiger partial charge in [-0.2, -0.15) is 0 Å². The van der Waals surface area contributed by atoms with Gasteiger partial charge in [0.15, 0.2) is 9.84 Å². The van der Waals surface area contributed by atoms with Crippen LogP contribution < -0.4 is 0 Å². The summed E-state index contributed by atoms with van der Waals surface area (Å²) in [6.45, 7) is 0. The predicted molar refractivity (Wildman–Crippen MR) is 61.1 cm³/mol. The number of nitrogens with zero attached hydrogens (tertiary/aromatic N) is 1. The van der Waals surface area contributed by atoms with Crippen LogP contribution in [0.3, 0.4) is 0 Å². The molecule has 0 radical (unpaired) electrons. The highest BCUT2D eigenvalue weighted by Gasteiger charge is 2.23. The zero-order chi connectivity index (χ0) is 13.9. The highest BCUT2D eigenvalue weighted by Crippen LogP contribution is 2.27. The van der Waals surface area contributed by atoms with Gasteiger partial charge in [-0.3, -0.25) is 10.1 Å². The van der Waals surface area contributed by atoms with Gasteiger partial charge in [-0.05, 0) is 12.1 Å². The van der Waals surface area contributed by atoms with E-state index in [-0.39, 0.29) is 23.0 Å². The van der Waals surface area contributed by atoms with E-state index in [0.29, 0.717) is 0 Å². The van der Waals surface area contributed by atoms with Crippen LogP contribution in [-0.4, -0.2) is 32.2 Å². The van der Waals surface area contributed by atoms with Crippen molar-refractivity contribution in [2.24, 2.45) is 0 Å². The first kappa shape index (κ1) is 14.0. The lowest BCUT2D eigenvalue weighted by Gasteiger charge is -2.06. The van der Waals surface area contributed by atoms with Crippen LogP contribution >= 0.6 is 0 Å². The number of sulfone groups is 1. The third-order valence-corrected chi connectivity index (χ3v) is 3.39. The molecule has 7 nitrogen and oxygen atoms in total. The monoisotopic (exact) mass is 271 g/mol. The van der Waals surface area contributed by atoms with Crippen LogP contribution in [0, 0.1) is 10.1 Å². The van der Waals surface area contributed by atoms with Crippen molar-refractivity contribution in [1.29, 1.82) is 0 Å². The Bertz CT molecular complexity index is 599. The van der Waals surface area contributed by atoms with Gasteiger partial charge in [-0.1, -0.05) is 0 Å². The van der Waals surface area contributed by atoms with E-state index in [2.05, 4.69) is 0 Å². The lowest BCUT2D eigenvalue weighted by molar-refractivity contribution is -0.385. The summed E-state index contributed by atoms with van der Waals surface area (Å²) in [5.74, 6) is -1.28. The van der Waals surface area contributed by atoms with Crippen molar-refractivity contribution < 1.29 is 22.9 Å². The Morgan fingerprint density at radius 1 is 1.28 bits per heavy atom. The average molecular weight is 271 g/mol. The summed E-state index contributed by atoms with van der Waals surface area (Å²) < 4.78 is 22.5. The molecule has 1 aromatic carbocycles. The van der Waals surface area contributed by atoms with Crippen molar-refractivity contribution in [2.75, 3.05) is 6.26 Å². The molecular formula is C10H9NO6S. The maximum absolute atomic E-state index is 11.3. The van der Waals surface area contributed by atoms with E-state index in [0.717, 1.165) is 24.5 Å². The number of nitro groups is 1. The van der Waals surface area contributed by atoms with Crippen molar-refractivity contribution in [1.82, 2.24) is 0 Å². The molecule has 1 aromatic rings. The molecule has 0 saturated carbocycles. The summed E-state index contributed by atoms with van der Waals surface area (Å²) in [5.41, 5.74) is -0.695. The predicted octanol–water partition coefficient (Wildman–Crippen LogP) is 0.480. The molecular weight excluding hydrogens is 262 g/mol. The number of carbonyl (C=O) groups excluding carboxylic acids is 2. The van der Waals surface area contributed by atoms with E-state index in [4.69, 9.17) is 0 Å². The third-order valence-electron chi connectivity index (χ3n) is 2.28. The molecule has 0 aliphatic heterocycles. The summed E-state index contributed by atoms with van der Waals surface area (Å²) in [4.78, 5) is 31.0. The normalized spacial score (nSPS) is 11.2. The molecule has 0 heterocycles. The third kappa shape index (κ3) is 2.77. The van der Waals surface area contributed by atoms with Crippen LogP contribution in [0.2, 0.25) is 0 Å². The van der Waals surface area contributed by atoms with Gasteiger partial charge in [0.2, 0.25) is 0 Å². The zero-order valence-corrected chi connectivity index (χ0v) is 10.1. The van der Waals surface area contributed by atoms with Gasteiger partial charge in [0.1, 0.15) is 18.5 Å². The molecule has 0 fully saturated rings. The molecule has 96 valence electrons. The van der Waals surface area contributed by atoms with Gasteiger partial charge in [0.25, 0.3) is 5.69 Å². The van der Waals surface area contributed by atoms with E-state index in [1.807, 2.05) is 0 Å². The minimum Gasteiger partial charge on any atom is -0.302 e. The molecule has 18 heavy (non-hydrogen) atoms. The van der Waals surface area contributed by atoms with Crippen LogP contribution in [0.5, 0.6) is 0 Å². The fourth-order valence-corrected chi connectivity index (χ4v) is 2.01. The lowest BCUT2D eigenvalue weighted by Crippen LogP contribution is -2.07. The maximum atomic E-state index is 11.3. The van der Waals surface area contributed by atoms with Gasteiger partial charge >= 0.3 is 0 Å². The van der Waals surface area contributed by atoms with E-state index in [9.17, 15) is 28.1 Å². The van der Waals surface area contributed by atoms with Crippen LogP contribution in [0.4, 0.5) is 5.69 Å². The summed E-state index contributed by atoms with van der Waals surface area (Å²) in [6, 6.07) is 3.06. The van der Waals surface area contributed by atoms with Crippen LogP contribution in [0.25, 0.3) is 0 Å². The molecule has 0 aliphatic rings. The van der Waals surface area contributed by atoms with E-state index >= 15 is 0 Å². The summed E-state index contributed by atoms with van der Waals surface area (Å²) in [7, 11) is -3.60. The van der Waals surface area contributed by atoms with Gasteiger partial charge in [-0.25, -0.2) is 8.42 Å². The van der Waals surface area contributed by atoms with Crippen molar-refractivity contribution in [3.63, 3.8) is 0 Å². The number of hydrogen-bond acceptors (Lipinski definition) is 6. The van der Waals surface area contributed by atoms with E-state index in [1.54, 1.807) is 0 Å². The summed E-state index contributed by atoms with van der Waals surface area (Å²) in [5, 5.41) is 10.8. The molecule has 0 aromatic heterocycles. The highest BCUT2D eigenvalue weighted by atomic mass is 32.2. The molecule has 0 bridgehead atoms. The first-order valence-electron chi connectivity index (χ1n) is 4.70. The smallest absolute Gasteiger partial charge is 0.275 e. The Hall–Kier alpha value is -2.09. The molecule has 0 unspecified atom stereocenters. The molecule has 1 rings (SSSR count). The number of benzene rings is 1. The maximum Gasteiger partial charge on any atom is 0.275 e. The van der Waals surface area contributed by atoms with Crippen molar-refractivity contribution in [2.45, 2.75) is 10.8 Å². The topological polar surface area (TPSA) is 111 Å². The molecule has 0 amide bonds. The molecule has 8 heteroatoms. The number of nitro benzene ring substituents is 1. The first-order valence-corrected chi connectivity index (χ1v) is 6.59. The molecule has 0 saturated heterocycles. The van der Waals surface area contributed by atoms with Gasteiger partial charge in [-0.15, -0.1) is 0 Å². The van der Waals surface area contributed by atoms with E-state index < -0.39 is 26.4 Å². The van der Waals surface area contributed by atoms with E-state index in [1.165, 1.54) is 0 Å². The Morgan fingerprint density at radius 2 is 1.83 bits per heavy atom. The molecule has 0 N–H and O–H groups in total. The second-order valence-corrected chi connectivity index (χ2v) is 5.56. The largest absolute Gasteiger partial charge is 0.302 e. The quantitative estimate of drug-likeness (QED) is 0.333. The number of rotatable bonds is 5. The number of aldehydes is 2. The van der Waals surface area contributed by atoms with Crippen LogP contribution in [-0.2, 0) is 19.4 Å². The van der Waals surface area contributed by atoms with Gasteiger partial charge in [0.05, 0.1) is 9.82 Å². The lowest BCUT2D eigenvalue weighted by atomic mass is 10.0. The minimum absolute atomic E-state index is 0.127. The van der Waals surface area contributed by atoms with Gasteiger partial charge in [0, 0.05) is 17.9 Å². The second-order valence-electron chi connectivity index (χ2n) is 3.55. The first-order chi connectivity index (χ1) is 8.31. The van der Waals surface area contributed by atoms with Crippen molar-refractivity contribution in [3.05, 3.63) is 33.9 Å². The zero-order valence-electron chi connectivity index (χ0n) is 9.27. The summed E-state index contributed by atoms with van der Waals surface area (Å²) >= 11 is 0. The fraction of sp³-hybridized carbons (Fsp3) is 0.200. The van der Waals surface area contributed by atoms with Crippen LogP contribution in [0.1, 0.15) is 11.5 Å². The second kappa shape index (κ2) is 5.05. The van der Waals surface area contributed by atoms with Crippen LogP contribution in [0.15, 0.2) is 23.1 Å².